The SMILES string of the molecule is CC(=O)O[C@@H]1[C@H](OC(C)=O)[C@H](OC(C)=O)CO[C@H]1Nc1ccnc(=O)[nH]1. The molecule has 142 valence electrons. The minimum atomic E-state index is -1.13. The van der Waals surface area contributed by atoms with E-state index in [0.29, 0.717) is 0 Å². The van der Waals surface area contributed by atoms with Crippen molar-refractivity contribution in [3.05, 3.63) is 22.7 Å². The second-order valence-electron chi connectivity index (χ2n) is 5.48. The van der Waals surface area contributed by atoms with Gasteiger partial charge in [0.1, 0.15) is 5.82 Å². The first-order valence-electron chi connectivity index (χ1n) is 7.71. The summed E-state index contributed by atoms with van der Waals surface area (Å²) >= 11 is 0. The van der Waals surface area contributed by atoms with Crippen molar-refractivity contribution in [2.24, 2.45) is 0 Å². The number of anilines is 1. The number of rotatable bonds is 5. The number of carbonyl (C=O) groups excluding carboxylic acids is 3. The third-order valence-electron chi connectivity index (χ3n) is 3.32. The molecule has 2 heterocycles. The zero-order valence-electron chi connectivity index (χ0n) is 14.4. The Bertz CT molecular complexity index is 734. The van der Waals surface area contributed by atoms with Gasteiger partial charge in [-0.25, -0.2) is 9.78 Å². The molecule has 0 radical (unpaired) electrons. The molecular formula is C15H19N3O8. The van der Waals surface area contributed by atoms with Crippen LogP contribution in [0.3, 0.4) is 0 Å². The maximum Gasteiger partial charge on any atom is 0.346 e. The molecule has 0 aliphatic carbocycles. The number of esters is 3. The molecule has 1 aromatic rings. The molecule has 2 N–H and O–H groups in total. The van der Waals surface area contributed by atoms with Gasteiger partial charge in [-0.15, -0.1) is 0 Å². The van der Waals surface area contributed by atoms with Crippen molar-refractivity contribution in [1.82, 2.24) is 9.97 Å². The van der Waals surface area contributed by atoms with E-state index in [1.54, 1.807) is 0 Å². The van der Waals surface area contributed by atoms with Crippen LogP contribution in [-0.2, 0) is 33.3 Å². The van der Waals surface area contributed by atoms with Crippen LogP contribution in [-0.4, -0.2) is 59.0 Å². The summed E-state index contributed by atoms with van der Waals surface area (Å²) in [5.74, 6) is -1.67. The van der Waals surface area contributed by atoms with Crippen LogP contribution in [0, 0.1) is 0 Å². The molecular weight excluding hydrogens is 350 g/mol. The van der Waals surface area contributed by atoms with E-state index in [9.17, 15) is 19.2 Å². The summed E-state index contributed by atoms with van der Waals surface area (Å²) in [5.41, 5.74) is -0.593. The first-order chi connectivity index (χ1) is 12.3. The highest BCUT2D eigenvalue weighted by Gasteiger charge is 2.47. The van der Waals surface area contributed by atoms with Crippen molar-refractivity contribution in [2.75, 3.05) is 11.9 Å². The molecule has 4 atom stereocenters. The average molecular weight is 369 g/mol. The third kappa shape index (κ3) is 5.28. The van der Waals surface area contributed by atoms with Gasteiger partial charge >= 0.3 is 23.6 Å². The zero-order valence-corrected chi connectivity index (χ0v) is 14.4. The highest BCUT2D eigenvalue weighted by Crippen LogP contribution is 2.25. The number of ether oxygens (including phenoxy) is 4. The molecule has 1 aliphatic heterocycles. The lowest BCUT2D eigenvalue weighted by atomic mass is 10.0. The fourth-order valence-corrected chi connectivity index (χ4v) is 2.47. The summed E-state index contributed by atoms with van der Waals surface area (Å²) in [6.07, 6.45) is -2.90. The molecule has 0 amide bonds. The molecule has 11 nitrogen and oxygen atoms in total. The Morgan fingerprint density at radius 3 is 2.31 bits per heavy atom. The van der Waals surface area contributed by atoms with Gasteiger partial charge in [0, 0.05) is 27.0 Å². The van der Waals surface area contributed by atoms with E-state index in [2.05, 4.69) is 15.3 Å². The molecule has 0 saturated carbocycles. The summed E-state index contributed by atoms with van der Waals surface area (Å²) in [6.45, 7) is 3.42. The van der Waals surface area contributed by atoms with Gasteiger partial charge in [-0.3, -0.25) is 19.4 Å². The van der Waals surface area contributed by atoms with Gasteiger partial charge in [-0.1, -0.05) is 0 Å². The maximum atomic E-state index is 11.5. The van der Waals surface area contributed by atoms with Gasteiger partial charge in [0.15, 0.2) is 24.5 Å². The number of aromatic nitrogens is 2. The largest absolute Gasteiger partial charge is 0.456 e. The first kappa shape index (κ1) is 19.4. The number of nitrogens with one attached hydrogen (secondary N) is 2. The summed E-state index contributed by atoms with van der Waals surface area (Å²) in [5, 5.41) is 2.83. The van der Waals surface area contributed by atoms with Gasteiger partial charge in [-0.05, 0) is 6.07 Å². The lowest BCUT2D eigenvalue weighted by Gasteiger charge is -2.40. The van der Waals surface area contributed by atoms with Crippen LogP contribution in [0.15, 0.2) is 17.1 Å². The highest BCUT2D eigenvalue weighted by molar-refractivity contribution is 5.68. The predicted octanol–water partition coefficient (Wildman–Crippen LogP) is -0.667. The van der Waals surface area contributed by atoms with Crippen LogP contribution in [0.1, 0.15) is 20.8 Å². The van der Waals surface area contributed by atoms with Crippen molar-refractivity contribution in [2.45, 2.75) is 45.3 Å². The van der Waals surface area contributed by atoms with E-state index >= 15 is 0 Å². The number of carbonyl (C=O) groups is 3. The summed E-state index contributed by atoms with van der Waals surface area (Å²) in [7, 11) is 0. The van der Waals surface area contributed by atoms with E-state index in [1.807, 2.05) is 0 Å². The van der Waals surface area contributed by atoms with Gasteiger partial charge in [0.05, 0.1) is 6.61 Å². The van der Waals surface area contributed by atoms with Crippen molar-refractivity contribution >= 4 is 23.7 Å². The maximum absolute atomic E-state index is 11.5. The van der Waals surface area contributed by atoms with Crippen molar-refractivity contribution in [3.8, 4) is 0 Å². The molecule has 1 saturated heterocycles. The fraction of sp³-hybridized carbons (Fsp3) is 0.533. The third-order valence-corrected chi connectivity index (χ3v) is 3.32. The minimum absolute atomic E-state index is 0.123. The molecule has 1 fully saturated rings. The van der Waals surface area contributed by atoms with Gasteiger partial charge < -0.3 is 24.3 Å². The van der Waals surface area contributed by atoms with Crippen molar-refractivity contribution in [1.29, 1.82) is 0 Å². The van der Waals surface area contributed by atoms with Crippen molar-refractivity contribution in [3.63, 3.8) is 0 Å². The molecule has 1 aliphatic rings. The minimum Gasteiger partial charge on any atom is -0.456 e. The molecule has 26 heavy (non-hydrogen) atoms. The number of H-pyrrole nitrogens is 1. The van der Waals surface area contributed by atoms with E-state index in [4.69, 9.17) is 18.9 Å². The number of aromatic amines is 1. The van der Waals surface area contributed by atoms with Gasteiger partial charge in [0.25, 0.3) is 0 Å². The molecule has 2 rings (SSSR count). The van der Waals surface area contributed by atoms with E-state index < -0.39 is 48.1 Å². The van der Waals surface area contributed by atoms with Gasteiger partial charge in [-0.2, -0.15) is 0 Å². The monoisotopic (exact) mass is 369 g/mol. The Morgan fingerprint density at radius 1 is 1.12 bits per heavy atom. The topological polar surface area (TPSA) is 146 Å². The van der Waals surface area contributed by atoms with Crippen LogP contribution in [0.4, 0.5) is 5.82 Å². The van der Waals surface area contributed by atoms with Crippen LogP contribution in [0.2, 0.25) is 0 Å². The molecule has 0 bridgehead atoms. The van der Waals surface area contributed by atoms with Gasteiger partial charge in [0.2, 0.25) is 0 Å². The Hall–Kier alpha value is -2.95. The smallest absolute Gasteiger partial charge is 0.346 e. The Balaban J connectivity index is 2.28. The Kier molecular flexibility index (Phi) is 6.28. The van der Waals surface area contributed by atoms with Crippen LogP contribution in [0.5, 0.6) is 0 Å². The Morgan fingerprint density at radius 2 is 1.73 bits per heavy atom. The molecule has 1 aromatic heterocycles. The average Bonchev–Trinajstić information content (AvgIpc) is 2.51. The number of hydrogen-bond donors (Lipinski definition) is 2. The Labute approximate surface area is 148 Å². The van der Waals surface area contributed by atoms with Crippen LogP contribution < -0.4 is 11.0 Å². The second-order valence-corrected chi connectivity index (χ2v) is 5.48. The summed E-state index contributed by atoms with van der Waals surface area (Å²) in [4.78, 5) is 51.5. The standard InChI is InChI=1S/C15H19N3O8/c1-7(19)24-10-6-23-14(17-11-4-5-16-15(22)18-11)13(26-9(3)21)12(10)25-8(2)20/h4-5,10,12-14H,6H2,1-3H3,(H2,16,17,18,22)/t10-,12-,13-,14-/m1/s1. The molecule has 0 aromatic carbocycles. The highest BCUT2D eigenvalue weighted by atomic mass is 16.6. The predicted molar refractivity (Wildman–Crippen MR) is 84.9 cm³/mol. The molecule has 11 heteroatoms. The summed E-state index contributed by atoms with van der Waals surface area (Å²) in [6, 6.07) is 1.47. The van der Waals surface area contributed by atoms with E-state index in [0.717, 1.165) is 0 Å². The van der Waals surface area contributed by atoms with Crippen LogP contribution >= 0.6 is 0 Å². The normalized spacial score (nSPS) is 25.0. The quantitative estimate of drug-likeness (QED) is 0.506. The fourth-order valence-electron chi connectivity index (χ4n) is 2.47. The zero-order chi connectivity index (χ0) is 19.3. The lowest BCUT2D eigenvalue weighted by molar-refractivity contribution is -0.221. The lowest BCUT2D eigenvalue weighted by Crippen LogP contribution is -2.59. The van der Waals surface area contributed by atoms with Crippen LogP contribution in [0.25, 0.3) is 0 Å². The number of nitrogens with zero attached hydrogens (tertiary/aromatic N) is 1. The summed E-state index contributed by atoms with van der Waals surface area (Å²) < 4.78 is 21.1. The second kappa shape index (κ2) is 8.43. The molecule has 0 spiro atoms. The van der Waals surface area contributed by atoms with E-state index in [1.165, 1.54) is 33.0 Å². The van der Waals surface area contributed by atoms with Crippen molar-refractivity contribution < 1.29 is 33.3 Å². The van der Waals surface area contributed by atoms with E-state index in [-0.39, 0.29) is 12.4 Å². The number of hydrogen-bond acceptors (Lipinski definition) is 10. The molecule has 0 unspecified atom stereocenters. The first-order valence-corrected chi connectivity index (χ1v) is 7.71.